The number of piperidine rings is 1. The van der Waals surface area contributed by atoms with Crippen LogP contribution in [0.5, 0.6) is 0 Å². The molecule has 3 heteroatoms. The van der Waals surface area contributed by atoms with E-state index in [1.807, 2.05) is 0 Å². The van der Waals surface area contributed by atoms with Crippen LogP contribution >= 0.6 is 0 Å². The molecule has 2 rings (SSSR count). The van der Waals surface area contributed by atoms with Crippen molar-refractivity contribution in [2.75, 3.05) is 33.2 Å². The topological polar surface area (TPSA) is 18.5 Å². The van der Waals surface area contributed by atoms with Crippen LogP contribution in [0.1, 0.15) is 37.8 Å². The molecule has 1 saturated heterocycles. The molecule has 1 aromatic carbocycles. The molecule has 1 aliphatic heterocycles. The molecule has 1 heterocycles. The Labute approximate surface area is 130 Å². The Bertz CT molecular complexity index is 407. The van der Waals surface area contributed by atoms with Gasteiger partial charge in [0.15, 0.2) is 0 Å². The molecule has 0 saturated carbocycles. The van der Waals surface area contributed by atoms with Crippen LogP contribution in [0.15, 0.2) is 24.3 Å². The molecule has 21 heavy (non-hydrogen) atoms. The summed E-state index contributed by atoms with van der Waals surface area (Å²) in [5.41, 5.74) is 2.94. The summed E-state index contributed by atoms with van der Waals surface area (Å²) in [7, 11) is 2.22. The predicted molar refractivity (Wildman–Crippen MR) is 90.4 cm³/mol. The molecule has 1 aromatic rings. The standard InChI is InChI=1S/C18H31N3/c1-4-21(5-2)15-17-9-7-6-8-16(17)14-19-18-10-12-20(3)13-11-18/h6-9,18-19H,4-5,10-15H2,1-3H3. The minimum atomic E-state index is 0.683. The summed E-state index contributed by atoms with van der Waals surface area (Å²) in [6, 6.07) is 9.57. The summed E-state index contributed by atoms with van der Waals surface area (Å²) in [4.78, 5) is 4.90. The van der Waals surface area contributed by atoms with E-state index < -0.39 is 0 Å². The molecule has 0 radical (unpaired) electrons. The lowest BCUT2D eigenvalue weighted by Gasteiger charge is -2.30. The fourth-order valence-corrected chi connectivity index (χ4v) is 3.04. The maximum absolute atomic E-state index is 3.76. The molecule has 3 nitrogen and oxygen atoms in total. The Hall–Kier alpha value is -0.900. The van der Waals surface area contributed by atoms with E-state index in [1.54, 1.807) is 0 Å². The maximum Gasteiger partial charge on any atom is 0.0236 e. The van der Waals surface area contributed by atoms with Gasteiger partial charge in [0.25, 0.3) is 0 Å². The van der Waals surface area contributed by atoms with Gasteiger partial charge in [0.2, 0.25) is 0 Å². The normalized spacial score (nSPS) is 17.5. The zero-order valence-electron chi connectivity index (χ0n) is 13.9. The van der Waals surface area contributed by atoms with Crippen LogP contribution in [0.25, 0.3) is 0 Å². The first-order valence-corrected chi connectivity index (χ1v) is 8.44. The first-order chi connectivity index (χ1) is 10.2. The van der Waals surface area contributed by atoms with E-state index in [9.17, 15) is 0 Å². The lowest BCUT2D eigenvalue weighted by molar-refractivity contribution is 0.233. The van der Waals surface area contributed by atoms with Crippen molar-refractivity contribution >= 4 is 0 Å². The van der Waals surface area contributed by atoms with Crippen molar-refractivity contribution in [1.29, 1.82) is 0 Å². The van der Waals surface area contributed by atoms with Crippen LogP contribution in [0.3, 0.4) is 0 Å². The van der Waals surface area contributed by atoms with Gasteiger partial charge in [0, 0.05) is 19.1 Å². The van der Waals surface area contributed by atoms with Gasteiger partial charge in [-0.1, -0.05) is 38.1 Å². The van der Waals surface area contributed by atoms with E-state index in [1.165, 1.54) is 37.1 Å². The second-order valence-electron chi connectivity index (χ2n) is 6.19. The Kier molecular flexibility index (Phi) is 6.68. The van der Waals surface area contributed by atoms with E-state index in [4.69, 9.17) is 0 Å². The number of nitrogens with zero attached hydrogens (tertiary/aromatic N) is 2. The van der Waals surface area contributed by atoms with E-state index >= 15 is 0 Å². The molecular formula is C18H31N3. The molecule has 1 N–H and O–H groups in total. The molecule has 1 fully saturated rings. The SMILES string of the molecule is CCN(CC)Cc1ccccc1CNC1CCN(C)CC1. The summed E-state index contributed by atoms with van der Waals surface area (Å²) in [5.74, 6) is 0. The summed E-state index contributed by atoms with van der Waals surface area (Å²) >= 11 is 0. The van der Waals surface area contributed by atoms with Gasteiger partial charge in [0.05, 0.1) is 0 Å². The Balaban J connectivity index is 1.90. The van der Waals surface area contributed by atoms with E-state index in [0.29, 0.717) is 6.04 Å². The fourth-order valence-electron chi connectivity index (χ4n) is 3.04. The second-order valence-corrected chi connectivity index (χ2v) is 6.19. The molecule has 1 aliphatic rings. The summed E-state index contributed by atoms with van der Waals surface area (Å²) in [5, 5.41) is 3.76. The van der Waals surface area contributed by atoms with Crippen molar-refractivity contribution in [3.63, 3.8) is 0 Å². The molecule has 0 unspecified atom stereocenters. The van der Waals surface area contributed by atoms with Gasteiger partial charge in [0.1, 0.15) is 0 Å². The highest BCUT2D eigenvalue weighted by molar-refractivity contribution is 5.27. The van der Waals surface area contributed by atoms with Gasteiger partial charge < -0.3 is 10.2 Å². The van der Waals surface area contributed by atoms with Crippen LogP contribution in [-0.2, 0) is 13.1 Å². The monoisotopic (exact) mass is 289 g/mol. The number of hydrogen-bond donors (Lipinski definition) is 1. The van der Waals surface area contributed by atoms with Crippen molar-refractivity contribution in [2.45, 2.75) is 45.8 Å². The molecule has 0 atom stereocenters. The van der Waals surface area contributed by atoms with Gasteiger partial charge in [-0.25, -0.2) is 0 Å². The number of likely N-dealkylation sites (tertiary alicyclic amines) is 1. The molecular weight excluding hydrogens is 258 g/mol. The Morgan fingerprint density at radius 3 is 2.33 bits per heavy atom. The number of hydrogen-bond acceptors (Lipinski definition) is 3. The van der Waals surface area contributed by atoms with Crippen LogP contribution < -0.4 is 5.32 Å². The van der Waals surface area contributed by atoms with Gasteiger partial charge in [-0.3, -0.25) is 4.90 Å². The maximum atomic E-state index is 3.76. The lowest BCUT2D eigenvalue weighted by Crippen LogP contribution is -2.40. The minimum absolute atomic E-state index is 0.683. The van der Waals surface area contributed by atoms with Crippen molar-refractivity contribution in [1.82, 2.24) is 15.1 Å². The van der Waals surface area contributed by atoms with Gasteiger partial charge in [-0.05, 0) is 57.2 Å². The average molecular weight is 289 g/mol. The highest BCUT2D eigenvalue weighted by Gasteiger charge is 2.16. The van der Waals surface area contributed by atoms with Crippen molar-refractivity contribution in [3.05, 3.63) is 35.4 Å². The first-order valence-electron chi connectivity index (χ1n) is 8.44. The molecule has 0 aliphatic carbocycles. The zero-order valence-corrected chi connectivity index (χ0v) is 13.9. The predicted octanol–water partition coefficient (Wildman–Crippen LogP) is 2.71. The largest absolute Gasteiger partial charge is 0.310 e. The van der Waals surface area contributed by atoms with Crippen LogP contribution in [0.2, 0.25) is 0 Å². The van der Waals surface area contributed by atoms with Gasteiger partial charge >= 0.3 is 0 Å². The first kappa shape index (κ1) is 16.5. The van der Waals surface area contributed by atoms with E-state index in [2.05, 4.69) is 60.3 Å². The molecule has 0 bridgehead atoms. The van der Waals surface area contributed by atoms with Gasteiger partial charge in [-0.15, -0.1) is 0 Å². The molecule has 118 valence electrons. The lowest BCUT2D eigenvalue weighted by atomic mass is 10.0. The third kappa shape index (κ3) is 5.10. The second kappa shape index (κ2) is 8.52. The zero-order chi connectivity index (χ0) is 15.1. The van der Waals surface area contributed by atoms with Crippen LogP contribution in [0.4, 0.5) is 0 Å². The fraction of sp³-hybridized carbons (Fsp3) is 0.667. The Morgan fingerprint density at radius 2 is 1.71 bits per heavy atom. The van der Waals surface area contributed by atoms with Crippen LogP contribution in [0, 0.1) is 0 Å². The van der Waals surface area contributed by atoms with Crippen molar-refractivity contribution in [2.24, 2.45) is 0 Å². The van der Waals surface area contributed by atoms with Gasteiger partial charge in [-0.2, -0.15) is 0 Å². The highest BCUT2D eigenvalue weighted by Crippen LogP contribution is 2.14. The number of nitrogens with one attached hydrogen (secondary N) is 1. The van der Waals surface area contributed by atoms with E-state index in [-0.39, 0.29) is 0 Å². The number of rotatable bonds is 7. The molecule has 0 spiro atoms. The minimum Gasteiger partial charge on any atom is -0.310 e. The molecule has 0 aromatic heterocycles. The van der Waals surface area contributed by atoms with E-state index in [0.717, 1.165) is 26.2 Å². The average Bonchev–Trinajstić information content (AvgIpc) is 2.53. The summed E-state index contributed by atoms with van der Waals surface area (Å²) < 4.78 is 0. The third-order valence-electron chi connectivity index (χ3n) is 4.71. The van der Waals surface area contributed by atoms with Crippen molar-refractivity contribution in [3.8, 4) is 0 Å². The van der Waals surface area contributed by atoms with Crippen LogP contribution in [-0.4, -0.2) is 49.1 Å². The number of benzene rings is 1. The summed E-state index contributed by atoms with van der Waals surface area (Å²) in [6.45, 7) is 11.2. The third-order valence-corrected chi connectivity index (χ3v) is 4.71. The summed E-state index contributed by atoms with van der Waals surface area (Å²) in [6.07, 6.45) is 2.55. The highest BCUT2D eigenvalue weighted by atomic mass is 15.1. The Morgan fingerprint density at radius 1 is 1.10 bits per heavy atom. The van der Waals surface area contributed by atoms with Crippen molar-refractivity contribution < 1.29 is 0 Å². The smallest absolute Gasteiger partial charge is 0.0236 e. The molecule has 0 amide bonds. The quantitative estimate of drug-likeness (QED) is 0.832.